The molecule has 0 N–H and O–H groups in total. The Morgan fingerprint density at radius 2 is 1.13 bits per heavy atom. The summed E-state index contributed by atoms with van der Waals surface area (Å²) in [5, 5.41) is 0. The Balaban J connectivity index is 0. The number of hydrogen-bond donors (Lipinski definition) is 0. The van der Waals surface area contributed by atoms with Crippen molar-refractivity contribution in [1.82, 2.24) is 0 Å². The van der Waals surface area contributed by atoms with E-state index in [0.29, 0.717) is 11.1 Å². The van der Waals surface area contributed by atoms with E-state index in [4.69, 9.17) is 0 Å². The van der Waals surface area contributed by atoms with E-state index < -0.39 is 0 Å². The Morgan fingerprint density at radius 3 is 1.47 bits per heavy atom. The fraction of sp³-hybridized carbons (Fsp3) is 0. The molecular weight excluding hydrogens is 379 g/mol. The van der Waals surface area contributed by atoms with Crippen LogP contribution in [0, 0.1) is 7.43 Å². The van der Waals surface area contributed by atoms with Crippen LogP contribution in [0.25, 0.3) is 0 Å². The Kier molecular flexibility index (Phi) is 7.65. The quantitative estimate of drug-likeness (QED) is 0.502. The Morgan fingerprint density at radius 1 is 0.800 bits per heavy atom. The number of ketones is 2. The van der Waals surface area contributed by atoms with Crippen LogP contribution >= 0.6 is 9.90 Å². The van der Waals surface area contributed by atoms with Crippen LogP contribution in [0.1, 0.15) is 20.7 Å². The van der Waals surface area contributed by atoms with Crippen LogP contribution in [0.3, 0.4) is 0 Å². The first kappa shape index (κ1) is 16.8. The molecule has 15 heavy (non-hydrogen) atoms. The van der Waals surface area contributed by atoms with E-state index in [2.05, 4.69) is 0 Å². The van der Waals surface area contributed by atoms with E-state index in [1.54, 1.807) is 24.3 Å². The van der Waals surface area contributed by atoms with Crippen molar-refractivity contribution in [3.63, 3.8) is 0 Å². The van der Waals surface area contributed by atoms with Gasteiger partial charge in [0.2, 0.25) is 0 Å². The van der Waals surface area contributed by atoms with E-state index in [-0.39, 0.29) is 50.0 Å². The maximum absolute atomic E-state index is 11.2. The van der Waals surface area contributed by atoms with Gasteiger partial charge in [-0.25, -0.2) is 0 Å². The van der Waals surface area contributed by atoms with Crippen molar-refractivity contribution in [2.24, 2.45) is 0 Å². The second-order valence-electron chi connectivity index (χ2n) is 2.61. The molecule has 0 saturated heterocycles. The van der Waals surface area contributed by atoms with Gasteiger partial charge in [-0.05, 0) is 12.2 Å². The summed E-state index contributed by atoms with van der Waals surface area (Å²) in [4.78, 5) is 22.4. The van der Waals surface area contributed by atoms with Crippen LogP contribution in [0.4, 0.5) is 0 Å². The van der Waals surface area contributed by atoms with Gasteiger partial charge in [-0.15, -0.1) is 0 Å². The topological polar surface area (TPSA) is 34.1 Å². The zero-order chi connectivity index (χ0) is 8.55. The maximum atomic E-state index is 11.2. The molecule has 0 heterocycles. The summed E-state index contributed by atoms with van der Waals surface area (Å²) in [6.07, 6.45) is 2.62. The van der Waals surface area contributed by atoms with Gasteiger partial charge in [0, 0.05) is 32.2 Å². The number of allylic oxidation sites excluding steroid dienone is 2. The predicted octanol–water partition coefficient (Wildman–Crippen LogP) is 2.13. The molecule has 0 bridgehead atoms. The van der Waals surface area contributed by atoms with E-state index in [9.17, 15) is 9.59 Å². The summed E-state index contributed by atoms with van der Waals surface area (Å²) in [5.74, 6) is -0.185. The molecule has 4 heteroatoms. The molecule has 0 aromatic heterocycles. The second kappa shape index (κ2) is 6.82. The third kappa shape index (κ3) is 3.19. The van der Waals surface area contributed by atoms with Crippen molar-refractivity contribution >= 4 is 21.5 Å². The summed E-state index contributed by atoms with van der Waals surface area (Å²) >= 11 is 0. The zero-order valence-electron chi connectivity index (χ0n) is 8.40. The molecule has 2 nitrogen and oxygen atoms in total. The number of hydrogen-bond acceptors (Lipinski definition) is 2. The minimum atomic E-state index is -0.0924. The molecule has 1 aromatic rings. The van der Waals surface area contributed by atoms with Crippen LogP contribution in [0.5, 0.6) is 0 Å². The van der Waals surface area contributed by atoms with Crippen molar-refractivity contribution in [1.29, 1.82) is 0 Å². The van der Waals surface area contributed by atoms with E-state index >= 15 is 0 Å². The van der Waals surface area contributed by atoms with Gasteiger partial charge in [-0.2, -0.15) is 9.90 Å². The average molecular weight is 391 g/mol. The van der Waals surface area contributed by atoms with Gasteiger partial charge in [0.25, 0.3) is 0 Å². The SMILES string of the molecule is O=C1C=CC(=O)c2ccccc21.P.[CH3-].[W]. The van der Waals surface area contributed by atoms with Gasteiger partial charge >= 0.3 is 0 Å². The fourth-order valence-electron chi connectivity index (χ4n) is 1.24. The summed E-state index contributed by atoms with van der Waals surface area (Å²) < 4.78 is 0. The summed E-state index contributed by atoms with van der Waals surface area (Å²) in [5.41, 5.74) is 1.01. The minimum Gasteiger partial charge on any atom is -0.358 e. The molecular formula is C11H12O2PW-. The molecule has 1 aliphatic rings. The zero-order valence-corrected chi connectivity index (χ0v) is 12.7. The van der Waals surface area contributed by atoms with Crippen molar-refractivity contribution < 1.29 is 30.7 Å². The average Bonchev–Trinajstić information content (AvgIpc) is 2.12. The van der Waals surface area contributed by atoms with E-state index in [1.807, 2.05) is 0 Å². The largest absolute Gasteiger partial charge is 0.358 e. The minimum absolute atomic E-state index is 0. The molecule has 1 unspecified atom stereocenters. The van der Waals surface area contributed by atoms with Gasteiger partial charge in [-0.3, -0.25) is 9.59 Å². The molecule has 1 aliphatic carbocycles. The van der Waals surface area contributed by atoms with Crippen molar-refractivity contribution in [2.45, 2.75) is 0 Å². The third-order valence-corrected chi connectivity index (χ3v) is 1.84. The molecule has 0 amide bonds. The van der Waals surface area contributed by atoms with Gasteiger partial charge in [0.05, 0.1) is 0 Å². The van der Waals surface area contributed by atoms with Gasteiger partial charge in [-0.1, -0.05) is 24.3 Å². The van der Waals surface area contributed by atoms with E-state index in [1.165, 1.54) is 12.2 Å². The van der Waals surface area contributed by atoms with Crippen molar-refractivity contribution in [3.05, 3.63) is 55.0 Å². The smallest absolute Gasteiger partial charge is 0.186 e. The van der Waals surface area contributed by atoms with Crippen LogP contribution in [-0.2, 0) is 21.1 Å². The molecule has 0 saturated carbocycles. The number of fused-ring (bicyclic) bond motifs is 1. The van der Waals surface area contributed by atoms with Crippen LogP contribution < -0.4 is 0 Å². The normalized spacial score (nSPS) is 11.7. The Labute approximate surface area is 107 Å². The molecule has 0 spiro atoms. The molecule has 2 rings (SSSR count). The number of rotatable bonds is 0. The molecule has 0 aliphatic heterocycles. The first-order valence-corrected chi connectivity index (χ1v) is 3.65. The summed E-state index contributed by atoms with van der Waals surface area (Å²) in [6, 6.07) is 6.84. The Hall–Kier alpha value is -0.582. The first-order valence-electron chi connectivity index (χ1n) is 3.65. The number of carbonyl (C=O) groups is 2. The van der Waals surface area contributed by atoms with Crippen LogP contribution in [0.15, 0.2) is 36.4 Å². The standard InChI is InChI=1S/C10H6O2.CH3.H3P.W/c11-9-5-6-10(12)8-4-2-1-3-7(8)9;;;/h1-6H;2*1H3;/q;-1;;. The third-order valence-electron chi connectivity index (χ3n) is 1.84. The van der Waals surface area contributed by atoms with Gasteiger partial charge in [0.1, 0.15) is 0 Å². The molecule has 80 valence electrons. The second-order valence-corrected chi connectivity index (χ2v) is 2.61. The predicted molar refractivity (Wildman–Crippen MR) is 61.8 cm³/mol. The number of carbonyl (C=O) groups excluding carboxylic acids is 2. The summed E-state index contributed by atoms with van der Waals surface area (Å²) in [7, 11) is 0. The molecule has 0 fully saturated rings. The van der Waals surface area contributed by atoms with Crippen molar-refractivity contribution in [3.8, 4) is 0 Å². The Bertz CT molecular complexity index is 362. The maximum Gasteiger partial charge on any atom is 0.186 e. The summed E-state index contributed by atoms with van der Waals surface area (Å²) in [6.45, 7) is 0. The van der Waals surface area contributed by atoms with Gasteiger partial charge in [0.15, 0.2) is 11.6 Å². The van der Waals surface area contributed by atoms with Crippen LogP contribution in [0.2, 0.25) is 0 Å². The molecule has 0 radical (unpaired) electrons. The van der Waals surface area contributed by atoms with E-state index in [0.717, 1.165) is 0 Å². The fourth-order valence-corrected chi connectivity index (χ4v) is 1.24. The van der Waals surface area contributed by atoms with Crippen molar-refractivity contribution in [2.75, 3.05) is 0 Å². The monoisotopic (exact) mass is 391 g/mol. The first-order chi connectivity index (χ1) is 5.79. The van der Waals surface area contributed by atoms with Gasteiger partial charge < -0.3 is 7.43 Å². The molecule has 1 atom stereocenters. The number of benzene rings is 1. The van der Waals surface area contributed by atoms with Crippen LogP contribution in [-0.4, -0.2) is 11.6 Å². The molecule has 1 aromatic carbocycles.